The third kappa shape index (κ3) is 4.15. The van der Waals surface area contributed by atoms with Gasteiger partial charge in [-0.3, -0.25) is 4.79 Å². The fourth-order valence-electron chi connectivity index (χ4n) is 1.06. The summed E-state index contributed by atoms with van der Waals surface area (Å²) in [6, 6.07) is 7.39. The van der Waals surface area contributed by atoms with Crippen LogP contribution in [0.1, 0.15) is 5.56 Å². The molecule has 0 spiro atoms. The summed E-state index contributed by atoms with van der Waals surface area (Å²) in [5.74, 6) is 1.98. The maximum atomic E-state index is 11.1. The number of nitrogens with one attached hydrogen (secondary N) is 1. The number of carbonyl (C=O) groups is 1. The summed E-state index contributed by atoms with van der Waals surface area (Å²) in [5.41, 5.74) is 1.78. The van der Waals surface area contributed by atoms with Gasteiger partial charge in [0, 0.05) is 34.6 Å². The molecule has 0 saturated carbocycles. The highest BCUT2D eigenvalue weighted by Gasteiger charge is 1.97. The summed E-state index contributed by atoms with van der Waals surface area (Å²) >= 11 is 2.86. The fraction of sp³-hybridized carbons (Fsp3) is 0.182. The smallest absolute Gasteiger partial charge is 0.301 e. The van der Waals surface area contributed by atoms with E-state index in [0.29, 0.717) is 6.61 Å². The number of hydrogen-bond donors (Lipinski definition) is 1. The average molecular weight is 268 g/mol. The van der Waals surface area contributed by atoms with Crippen LogP contribution in [0.4, 0.5) is 5.69 Å². The summed E-state index contributed by atoms with van der Waals surface area (Å²) in [7, 11) is 1.64. The van der Waals surface area contributed by atoms with E-state index in [1.165, 1.54) is 0 Å². The average Bonchev–Trinajstić information content (AvgIpc) is 2.22. The normalized spacial score (nSPS) is 8.93. The molecule has 3 nitrogen and oxygen atoms in total. The van der Waals surface area contributed by atoms with Gasteiger partial charge in [-0.15, -0.1) is 0 Å². The van der Waals surface area contributed by atoms with Gasteiger partial charge < -0.3 is 10.1 Å². The first kappa shape index (κ1) is 11.8. The molecule has 78 valence electrons. The summed E-state index contributed by atoms with van der Waals surface area (Å²) < 4.78 is 4.97. The Morgan fingerprint density at radius 3 is 2.67 bits per heavy atom. The predicted molar refractivity (Wildman–Crippen MR) is 62.5 cm³/mol. The first-order valence-corrected chi connectivity index (χ1v) is 5.06. The Balaban J connectivity index is 2.62. The molecule has 0 aliphatic carbocycles. The zero-order valence-electron chi connectivity index (χ0n) is 8.21. The molecule has 0 heterocycles. The van der Waals surface area contributed by atoms with Gasteiger partial charge in [-0.1, -0.05) is 12.1 Å². The van der Waals surface area contributed by atoms with Crippen molar-refractivity contribution in [1.29, 1.82) is 0 Å². The number of hydrogen-bond acceptors (Lipinski definition) is 2. The Kier molecular flexibility index (Phi) is 4.88. The molecule has 1 aromatic rings. The maximum Gasteiger partial charge on any atom is 0.301 e. The van der Waals surface area contributed by atoms with Crippen molar-refractivity contribution >= 4 is 27.5 Å². The van der Waals surface area contributed by atoms with E-state index in [0.717, 1.165) is 11.3 Å². The molecule has 0 fully saturated rings. The molecule has 0 aliphatic rings. The minimum absolute atomic E-state index is 0.341. The maximum absolute atomic E-state index is 11.1. The number of methoxy groups -OCH3 is 1. The van der Waals surface area contributed by atoms with E-state index in [2.05, 4.69) is 32.0 Å². The molecule has 1 N–H and O–H groups in total. The molecule has 1 aromatic carbocycles. The van der Waals surface area contributed by atoms with Crippen LogP contribution in [0.2, 0.25) is 0 Å². The number of ether oxygens (including phenoxy) is 1. The second-order valence-corrected chi connectivity index (χ2v) is 3.20. The lowest BCUT2D eigenvalue weighted by atomic mass is 10.2. The Hall–Kier alpha value is -1.31. The molecule has 1 amide bonds. The minimum atomic E-state index is -0.341. The molecule has 4 heteroatoms. The molecule has 0 aromatic heterocycles. The number of anilines is 1. The van der Waals surface area contributed by atoms with Gasteiger partial charge in [0.15, 0.2) is 0 Å². The zero-order valence-corrected chi connectivity index (χ0v) is 9.80. The van der Waals surface area contributed by atoms with E-state index in [4.69, 9.17) is 4.74 Å². The topological polar surface area (TPSA) is 38.3 Å². The van der Waals surface area contributed by atoms with Gasteiger partial charge in [0.2, 0.25) is 0 Å². The lowest BCUT2D eigenvalue weighted by molar-refractivity contribution is -0.111. The van der Waals surface area contributed by atoms with Crippen molar-refractivity contribution in [2.45, 2.75) is 6.61 Å². The van der Waals surface area contributed by atoms with E-state index in [1.807, 2.05) is 24.3 Å². The van der Waals surface area contributed by atoms with E-state index in [-0.39, 0.29) is 5.91 Å². The fourth-order valence-corrected chi connectivity index (χ4v) is 1.24. The summed E-state index contributed by atoms with van der Waals surface area (Å²) in [5, 5.41) is 2.63. The highest BCUT2D eigenvalue weighted by Crippen LogP contribution is 2.09. The van der Waals surface area contributed by atoms with Crippen LogP contribution in [-0.2, 0) is 16.1 Å². The number of amides is 1. The van der Waals surface area contributed by atoms with Crippen LogP contribution in [0.25, 0.3) is 0 Å². The first-order chi connectivity index (χ1) is 7.26. The van der Waals surface area contributed by atoms with Gasteiger partial charge in [0.1, 0.15) is 0 Å². The van der Waals surface area contributed by atoms with Crippen molar-refractivity contribution in [1.82, 2.24) is 0 Å². The molecule has 0 bridgehead atoms. The number of benzene rings is 1. The van der Waals surface area contributed by atoms with Crippen molar-refractivity contribution in [2.24, 2.45) is 0 Å². The van der Waals surface area contributed by atoms with Crippen LogP contribution >= 0.6 is 15.9 Å². The molecule has 0 saturated heterocycles. The van der Waals surface area contributed by atoms with Gasteiger partial charge in [-0.2, -0.15) is 0 Å². The predicted octanol–water partition coefficient (Wildman–Crippen LogP) is 2.13. The quantitative estimate of drug-likeness (QED) is 0.853. The molecule has 0 atom stereocenters. The van der Waals surface area contributed by atoms with Gasteiger partial charge in [-0.05, 0) is 22.5 Å². The van der Waals surface area contributed by atoms with Gasteiger partial charge in [0.05, 0.1) is 6.61 Å². The van der Waals surface area contributed by atoms with Gasteiger partial charge >= 0.3 is 5.91 Å². The van der Waals surface area contributed by atoms with Crippen molar-refractivity contribution < 1.29 is 9.53 Å². The van der Waals surface area contributed by atoms with Crippen LogP contribution in [0.15, 0.2) is 24.3 Å². The van der Waals surface area contributed by atoms with Gasteiger partial charge in [-0.25, -0.2) is 0 Å². The third-order valence-electron chi connectivity index (χ3n) is 1.68. The number of carbonyl (C=O) groups excluding carboxylic acids is 1. The van der Waals surface area contributed by atoms with E-state index < -0.39 is 0 Å². The van der Waals surface area contributed by atoms with Crippen LogP contribution in [0, 0.1) is 10.8 Å². The van der Waals surface area contributed by atoms with Crippen molar-refractivity contribution in [3.63, 3.8) is 0 Å². The van der Waals surface area contributed by atoms with Crippen LogP contribution < -0.4 is 5.32 Å². The highest BCUT2D eigenvalue weighted by molar-refractivity contribution is 9.12. The monoisotopic (exact) mass is 267 g/mol. The van der Waals surface area contributed by atoms with E-state index >= 15 is 0 Å². The lowest BCUT2D eigenvalue weighted by Crippen LogP contribution is -2.08. The number of halogens is 1. The Morgan fingerprint density at radius 1 is 1.47 bits per heavy atom. The van der Waals surface area contributed by atoms with Crippen molar-refractivity contribution in [3.8, 4) is 10.8 Å². The summed E-state index contributed by atoms with van der Waals surface area (Å²) in [6.07, 6.45) is 0. The van der Waals surface area contributed by atoms with Crippen molar-refractivity contribution in [2.75, 3.05) is 12.4 Å². The van der Waals surface area contributed by atoms with Crippen LogP contribution in [-0.4, -0.2) is 13.0 Å². The second kappa shape index (κ2) is 6.23. The molecule has 0 aliphatic heterocycles. The Labute approximate surface area is 96.9 Å². The molecular formula is C11H10BrNO2. The van der Waals surface area contributed by atoms with E-state index in [1.54, 1.807) is 7.11 Å². The molecule has 0 unspecified atom stereocenters. The molecule has 15 heavy (non-hydrogen) atoms. The van der Waals surface area contributed by atoms with Gasteiger partial charge in [0.25, 0.3) is 0 Å². The van der Waals surface area contributed by atoms with Crippen molar-refractivity contribution in [3.05, 3.63) is 29.8 Å². The lowest BCUT2D eigenvalue weighted by Gasteiger charge is -2.02. The van der Waals surface area contributed by atoms with Crippen LogP contribution in [0.3, 0.4) is 0 Å². The SMILES string of the molecule is COCc1ccc(NC(=O)C#CBr)cc1. The first-order valence-electron chi connectivity index (χ1n) is 4.26. The van der Waals surface area contributed by atoms with E-state index in [9.17, 15) is 4.79 Å². The standard InChI is InChI=1S/C11H10BrNO2/c1-15-8-9-2-4-10(5-3-9)13-11(14)6-7-12/h2-5H,8H2,1H3,(H,13,14). The largest absolute Gasteiger partial charge is 0.380 e. The second-order valence-electron chi connectivity index (χ2n) is 2.80. The Bertz CT molecular complexity index is 389. The molecular weight excluding hydrogens is 258 g/mol. The third-order valence-corrected chi connectivity index (χ3v) is 1.88. The molecule has 0 radical (unpaired) electrons. The summed E-state index contributed by atoms with van der Waals surface area (Å²) in [6.45, 7) is 0.565. The number of rotatable bonds is 3. The van der Waals surface area contributed by atoms with Crippen LogP contribution in [0.5, 0.6) is 0 Å². The minimum Gasteiger partial charge on any atom is -0.380 e. The zero-order chi connectivity index (χ0) is 11.1. The summed E-state index contributed by atoms with van der Waals surface area (Å²) in [4.78, 5) is 13.4. The Morgan fingerprint density at radius 2 is 2.13 bits per heavy atom. The highest BCUT2D eigenvalue weighted by atomic mass is 79.9. The molecule has 1 rings (SSSR count).